The van der Waals surface area contributed by atoms with Gasteiger partial charge in [0, 0.05) is 17.2 Å². The zero-order chi connectivity index (χ0) is 9.26. The molecule has 5 heteroatoms. The average Bonchev–Trinajstić information content (AvgIpc) is 2.17. The van der Waals surface area contributed by atoms with Crippen LogP contribution in [0.25, 0.3) is 0 Å². The lowest BCUT2D eigenvalue weighted by molar-refractivity contribution is 0.0690. The molecule has 0 amide bonds. The summed E-state index contributed by atoms with van der Waals surface area (Å²) in [4.78, 5) is 15.6. The van der Waals surface area contributed by atoms with Gasteiger partial charge in [0.05, 0.1) is 0 Å². The van der Waals surface area contributed by atoms with Crippen molar-refractivity contribution in [2.24, 2.45) is 0 Å². The molecule has 2 rings (SSSR count). The predicted molar refractivity (Wildman–Crippen MR) is 50.4 cm³/mol. The second kappa shape index (κ2) is 3.26. The van der Waals surface area contributed by atoms with Crippen LogP contribution >= 0.6 is 11.8 Å². The maximum atomic E-state index is 10.6. The number of carboxylic acids is 1. The van der Waals surface area contributed by atoms with E-state index in [1.54, 1.807) is 17.8 Å². The molecule has 1 aliphatic heterocycles. The number of rotatable bonds is 1. The Labute approximate surface area is 79.4 Å². The maximum absolute atomic E-state index is 10.6. The van der Waals surface area contributed by atoms with E-state index in [0.717, 1.165) is 17.2 Å². The van der Waals surface area contributed by atoms with Gasteiger partial charge < -0.3 is 10.4 Å². The van der Waals surface area contributed by atoms with Gasteiger partial charge in [-0.3, -0.25) is 0 Å². The van der Waals surface area contributed by atoms with Crippen LogP contribution in [0.15, 0.2) is 17.0 Å². The number of carboxylic acid groups (broad SMARTS) is 1. The van der Waals surface area contributed by atoms with Crippen molar-refractivity contribution in [3.8, 4) is 0 Å². The number of pyridine rings is 1. The van der Waals surface area contributed by atoms with Crippen molar-refractivity contribution in [3.63, 3.8) is 0 Å². The van der Waals surface area contributed by atoms with Gasteiger partial charge in [-0.15, -0.1) is 11.8 Å². The summed E-state index contributed by atoms with van der Waals surface area (Å²) < 4.78 is 0. The molecule has 2 N–H and O–H groups in total. The van der Waals surface area contributed by atoms with Crippen LogP contribution in [0, 0.1) is 0 Å². The Morgan fingerprint density at radius 2 is 2.46 bits per heavy atom. The Hall–Kier alpha value is -1.23. The first-order valence-corrected chi connectivity index (χ1v) is 4.87. The van der Waals surface area contributed by atoms with Crippen LogP contribution in [0.3, 0.4) is 0 Å². The Morgan fingerprint density at radius 1 is 1.62 bits per heavy atom. The molecule has 1 aromatic rings. The van der Waals surface area contributed by atoms with Crippen molar-refractivity contribution in [1.29, 1.82) is 0 Å². The smallest absolute Gasteiger partial charge is 0.354 e. The maximum Gasteiger partial charge on any atom is 0.354 e. The van der Waals surface area contributed by atoms with E-state index in [1.165, 1.54) is 6.07 Å². The third-order valence-corrected chi connectivity index (χ3v) is 2.78. The first-order valence-electron chi connectivity index (χ1n) is 3.88. The lowest BCUT2D eigenvalue weighted by Crippen LogP contribution is -2.13. The summed E-state index contributed by atoms with van der Waals surface area (Å²) in [5, 5.41) is 11.8. The number of hydrogen-bond acceptors (Lipinski definition) is 4. The highest BCUT2D eigenvalue weighted by Gasteiger charge is 2.13. The lowest BCUT2D eigenvalue weighted by Gasteiger charge is -2.15. The molecule has 13 heavy (non-hydrogen) atoms. The SMILES string of the molecule is O=C(O)c1ccc2c(n1)NCCS2. The van der Waals surface area contributed by atoms with Crippen molar-refractivity contribution in [2.45, 2.75) is 4.90 Å². The zero-order valence-corrected chi connectivity index (χ0v) is 7.60. The van der Waals surface area contributed by atoms with Gasteiger partial charge in [0.25, 0.3) is 0 Å². The van der Waals surface area contributed by atoms with Crippen molar-refractivity contribution in [2.75, 3.05) is 17.6 Å². The number of aromatic carboxylic acids is 1. The highest BCUT2D eigenvalue weighted by atomic mass is 32.2. The van der Waals surface area contributed by atoms with E-state index in [-0.39, 0.29) is 5.69 Å². The van der Waals surface area contributed by atoms with Crippen LogP contribution in [0.1, 0.15) is 10.5 Å². The number of nitrogens with one attached hydrogen (secondary N) is 1. The number of fused-ring (bicyclic) bond motifs is 1. The molecular weight excluding hydrogens is 188 g/mol. The second-order valence-electron chi connectivity index (χ2n) is 2.62. The molecule has 0 atom stereocenters. The zero-order valence-electron chi connectivity index (χ0n) is 6.78. The summed E-state index contributed by atoms with van der Waals surface area (Å²) in [6.45, 7) is 0.841. The summed E-state index contributed by atoms with van der Waals surface area (Å²) in [5.74, 6) is 0.706. The van der Waals surface area contributed by atoms with Crippen molar-refractivity contribution < 1.29 is 9.90 Å². The minimum atomic E-state index is -0.986. The molecule has 0 fully saturated rings. The Bertz CT molecular complexity index is 354. The number of aromatic nitrogens is 1. The van der Waals surface area contributed by atoms with Gasteiger partial charge in [-0.1, -0.05) is 0 Å². The third kappa shape index (κ3) is 1.60. The van der Waals surface area contributed by atoms with Crippen molar-refractivity contribution in [3.05, 3.63) is 17.8 Å². The number of carbonyl (C=O) groups is 1. The monoisotopic (exact) mass is 196 g/mol. The van der Waals surface area contributed by atoms with E-state index in [1.807, 2.05) is 0 Å². The fourth-order valence-corrected chi connectivity index (χ4v) is 1.98. The minimum Gasteiger partial charge on any atom is -0.477 e. The van der Waals surface area contributed by atoms with Gasteiger partial charge in [-0.2, -0.15) is 0 Å². The van der Waals surface area contributed by atoms with Crippen LogP contribution in [-0.4, -0.2) is 28.4 Å². The molecule has 1 aliphatic rings. The molecule has 0 unspecified atom stereocenters. The highest BCUT2D eigenvalue weighted by Crippen LogP contribution is 2.28. The van der Waals surface area contributed by atoms with E-state index >= 15 is 0 Å². The van der Waals surface area contributed by atoms with Gasteiger partial charge in [-0.05, 0) is 12.1 Å². The Balaban J connectivity index is 2.40. The molecule has 1 aromatic heterocycles. The largest absolute Gasteiger partial charge is 0.477 e. The lowest BCUT2D eigenvalue weighted by atomic mass is 10.3. The standard InChI is InChI=1S/C8H8N2O2S/c11-8(12)5-1-2-6-7(10-5)9-3-4-13-6/h1-2H,3-4H2,(H,9,10)(H,11,12). The van der Waals surface area contributed by atoms with Crippen LogP contribution in [-0.2, 0) is 0 Å². The molecule has 2 heterocycles. The van der Waals surface area contributed by atoms with E-state index < -0.39 is 5.97 Å². The summed E-state index contributed by atoms with van der Waals surface area (Å²) in [6.07, 6.45) is 0. The van der Waals surface area contributed by atoms with E-state index in [0.29, 0.717) is 5.82 Å². The topological polar surface area (TPSA) is 62.2 Å². The van der Waals surface area contributed by atoms with Gasteiger partial charge in [0.1, 0.15) is 5.82 Å². The molecule has 0 aromatic carbocycles. The number of nitrogens with zero attached hydrogens (tertiary/aromatic N) is 1. The predicted octanol–water partition coefficient (Wildman–Crippen LogP) is 1.30. The van der Waals surface area contributed by atoms with E-state index in [2.05, 4.69) is 10.3 Å². The fraction of sp³-hybridized carbons (Fsp3) is 0.250. The minimum absolute atomic E-state index is 0.0914. The number of hydrogen-bond donors (Lipinski definition) is 2. The molecule has 68 valence electrons. The molecule has 0 aliphatic carbocycles. The number of thioether (sulfide) groups is 1. The van der Waals surface area contributed by atoms with Crippen LogP contribution in [0.5, 0.6) is 0 Å². The molecule has 0 saturated carbocycles. The van der Waals surface area contributed by atoms with Crippen LogP contribution < -0.4 is 5.32 Å². The highest BCUT2D eigenvalue weighted by molar-refractivity contribution is 7.99. The molecule has 0 radical (unpaired) electrons. The Kier molecular flexibility index (Phi) is 2.10. The van der Waals surface area contributed by atoms with Gasteiger partial charge >= 0.3 is 5.97 Å². The normalized spacial score (nSPS) is 14.5. The first kappa shape index (κ1) is 8.37. The van der Waals surface area contributed by atoms with Crippen molar-refractivity contribution in [1.82, 2.24) is 4.98 Å². The molecule has 0 bridgehead atoms. The molecule has 0 saturated heterocycles. The average molecular weight is 196 g/mol. The van der Waals surface area contributed by atoms with Gasteiger partial charge in [0.15, 0.2) is 5.69 Å². The summed E-state index contributed by atoms with van der Waals surface area (Å²) in [6, 6.07) is 3.32. The summed E-state index contributed by atoms with van der Waals surface area (Å²) in [7, 11) is 0. The van der Waals surface area contributed by atoms with E-state index in [4.69, 9.17) is 5.11 Å². The van der Waals surface area contributed by atoms with E-state index in [9.17, 15) is 4.79 Å². The quantitative estimate of drug-likeness (QED) is 0.708. The molecular formula is C8H8N2O2S. The van der Waals surface area contributed by atoms with Crippen LogP contribution in [0.4, 0.5) is 5.82 Å². The Morgan fingerprint density at radius 3 is 3.23 bits per heavy atom. The second-order valence-corrected chi connectivity index (χ2v) is 3.76. The molecule has 0 spiro atoms. The van der Waals surface area contributed by atoms with Gasteiger partial charge in [0.2, 0.25) is 0 Å². The van der Waals surface area contributed by atoms with Crippen molar-refractivity contribution >= 4 is 23.5 Å². The van der Waals surface area contributed by atoms with Crippen LogP contribution in [0.2, 0.25) is 0 Å². The summed E-state index contributed by atoms with van der Waals surface area (Å²) in [5.41, 5.74) is 0.0914. The number of anilines is 1. The first-order chi connectivity index (χ1) is 6.27. The third-order valence-electron chi connectivity index (χ3n) is 1.73. The van der Waals surface area contributed by atoms with Gasteiger partial charge in [-0.25, -0.2) is 9.78 Å². The fourth-order valence-electron chi connectivity index (χ4n) is 1.14. The summed E-state index contributed by atoms with van der Waals surface area (Å²) >= 11 is 1.69. The molecule has 4 nitrogen and oxygen atoms in total.